The Morgan fingerprint density at radius 1 is 1.43 bits per heavy atom. The van der Waals surface area contributed by atoms with Crippen molar-refractivity contribution in [1.29, 1.82) is 0 Å². The molecule has 1 aliphatic rings. The van der Waals surface area contributed by atoms with E-state index in [1.54, 1.807) is 17.2 Å². The van der Waals surface area contributed by atoms with Gasteiger partial charge in [-0.3, -0.25) is 4.79 Å². The average Bonchev–Trinajstić information content (AvgIpc) is 3.01. The van der Waals surface area contributed by atoms with Crippen LogP contribution in [0.1, 0.15) is 6.42 Å². The summed E-state index contributed by atoms with van der Waals surface area (Å²) < 4.78 is 44.1. The van der Waals surface area contributed by atoms with Crippen molar-refractivity contribution in [2.24, 2.45) is 11.8 Å². The molecule has 3 heterocycles. The Labute approximate surface area is 129 Å². The van der Waals surface area contributed by atoms with Crippen LogP contribution in [0.5, 0.6) is 0 Å². The third-order valence-electron chi connectivity index (χ3n) is 4.17. The highest BCUT2D eigenvalue weighted by atomic mass is 19.4. The van der Waals surface area contributed by atoms with Crippen molar-refractivity contribution in [1.82, 2.24) is 15.0 Å². The van der Waals surface area contributed by atoms with Gasteiger partial charge in [-0.05, 0) is 12.5 Å². The van der Waals surface area contributed by atoms with E-state index >= 15 is 0 Å². The average molecular weight is 328 g/mol. The molecule has 0 spiro atoms. The van der Waals surface area contributed by atoms with Crippen molar-refractivity contribution in [2.75, 3.05) is 25.1 Å². The molecule has 0 amide bonds. The monoisotopic (exact) mass is 328 g/mol. The van der Waals surface area contributed by atoms with Crippen molar-refractivity contribution in [2.45, 2.75) is 12.6 Å². The molecule has 23 heavy (non-hydrogen) atoms. The van der Waals surface area contributed by atoms with Gasteiger partial charge in [-0.1, -0.05) is 0 Å². The third kappa shape index (κ3) is 2.82. The Morgan fingerprint density at radius 3 is 2.91 bits per heavy atom. The van der Waals surface area contributed by atoms with Gasteiger partial charge < -0.3 is 14.6 Å². The van der Waals surface area contributed by atoms with Crippen LogP contribution in [-0.2, 0) is 9.53 Å². The van der Waals surface area contributed by atoms with E-state index in [0.29, 0.717) is 16.9 Å². The molecule has 2 aromatic heterocycles. The molecule has 0 bridgehead atoms. The fourth-order valence-corrected chi connectivity index (χ4v) is 3.04. The minimum atomic E-state index is -4.43. The van der Waals surface area contributed by atoms with Gasteiger partial charge in [0, 0.05) is 19.3 Å². The first-order valence-corrected chi connectivity index (χ1v) is 7.09. The second-order valence-corrected chi connectivity index (χ2v) is 5.45. The first-order valence-electron chi connectivity index (χ1n) is 7.09. The smallest absolute Gasteiger partial charge is 0.392 e. The number of alkyl halides is 3. The zero-order valence-corrected chi connectivity index (χ0v) is 12.3. The quantitative estimate of drug-likeness (QED) is 0.855. The zero-order chi connectivity index (χ0) is 16.6. The number of ether oxygens (including phenoxy) is 1. The number of hydrogen-bond donors (Lipinski definition) is 1. The number of piperidine rings is 1. The minimum Gasteiger partial charge on any atom is -0.469 e. The van der Waals surface area contributed by atoms with E-state index in [0.717, 1.165) is 7.11 Å². The van der Waals surface area contributed by atoms with Crippen LogP contribution in [-0.4, -0.2) is 47.3 Å². The van der Waals surface area contributed by atoms with Gasteiger partial charge in [-0.15, -0.1) is 0 Å². The lowest BCUT2D eigenvalue weighted by Gasteiger charge is -2.38. The summed E-state index contributed by atoms with van der Waals surface area (Å²) in [5, 5.41) is 0.710. The molecule has 3 rings (SSSR count). The van der Waals surface area contributed by atoms with E-state index in [2.05, 4.69) is 19.7 Å². The molecule has 0 aromatic carbocycles. The molecule has 124 valence electrons. The normalized spacial score (nSPS) is 22.3. The summed E-state index contributed by atoms with van der Waals surface area (Å²) >= 11 is 0. The number of aromatic nitrogens is 3. The fourth-order valence-electron chi connectivity index (χ4n) is 3.04. The molecule has 1 fully saturated rings. The van der Waals surface area contributed by atoms with E-state index in [4.69, 9.17) is 0 Å². The fraction of sp³-hybridized carbons (Fsp3) is 0.500. The van der Waals surface area contributed by atoms with E-state index in [1.807, 2.05) is 0 Å². The number of esters is 1. The predicted octanol–water partition coefficient (Wildman–Crippen LogP) is 2.14. The van der Waals surface area contributed by atoms with Crippen molar-refractivity contribution < 1.29 is 22.7 Å². The first kappa shape index (κ1) is 15.6. The third-order valence-corrected chi connectivity index (χ3v) is 4.17. The topological polar surface area (TPSA) is 71.1 Å². The lowest BCUT2D eigenvalue weighted by Crippen LogP contribution is -2.49. The number of methoxy groups -OCH3 is 1. The number of nitrogens with one attached hydrogen (secondary N) is 1. The highest BCUT2D eigenvalue weighted by Gasteiger charge is 2.50. The molecule has 2 atom stereocenters. The Bertz CT molecular complexity index is 715. The van der Waals surface area contributed by atoms with E-state index < -0.39 is 24.0 Å². The van der Waals surface area contributed by atoms with Gasteiger partial charge in [0.15, 0.2) is 0 Å². The van der Waals surface area contributed by atoms with Crippen molar-refractivity contribution >= 4 is 22.8 Å². The number of nitrogens with zero attached hydrogens (tertiary/aromatic N) is 3. The van der Waals surface area contributed by atoms with Crippen molar-refractivity contribution in [3.63, 3.8) is 0 Å². The molecule has 1 aliphatic heterocycles. The molecule has 1 N–H and O–H groups in total. The van der Waals surface area contributed by atoms with E-state index in [9.17, 15) is 18.0 Å². The maximum Gasteiger partial charge on any atom is 0.392 e. The second-order valence-electron chi connectivity index (χ2n) is 5.45. The van der Waals surface area contributed by atoms with Gasteiger partial charge >= 0.3 is 12.1 Å². The van der Waals surface area contributed by atoms with Gasteiger partial charge in [-0.25, -0.2) is 9.97 Å². The van der Waals surface area contributed by atoms with Gasteiger partial charge in [0.2, 0.25) is 0 Å². The number of rotatable bonds is 2. The van der Waals surface area contributed by atoms with Crippen LogP contribution >= 0.6 is 0 Å². The van der Waals surface area contributed by atoms with Crippen LogP contribution in [0.4, 0.5) is 19.0 Å². The molecular formula is C14H15F3N4O2. The molecule has 0 unspecified atom stereocenters. The number of carbonyl (C=O) groups excluding carboxylic acids is 1. The molecule has 0 saturated carbocycles. The maximum absolute atomic E-state index is 13.2. The van der Waals surface area contributed by atoms with E-state index in [-0.39, 0.29) is 19.5 Å². The van der Waals surface area contributed by atoms with Crippen LogP contribution in [0, 0.1) is 11.8 Å². The van der Waals surface area contributed by atoms with Crippen molar-refractivity contribution in [3.8, 4) is 0 Å². The summed E-state index contributed by atoms with van der Waals surface area (Å²) in [6.45, 7) is 0.0725. The van der Waals surface area contributed by atoms with Crippen LogP contribution < -0.4 is 4.90 Å². The molecule has 0 radical (unpaired) electrons. The number of halogens is 3. The molecule has 1 saturated heterocycles. The zero-order valence-electron chi connectivity index (χ0n) is 12.3. The number of hydrogen-bond acceptors (Lipinski definition) is 5. The minimum absolute atomic E-state index is 0.0891. The lowest BCUT2D eigenvalue weighted by molar-refractivity contribution is -0.200. The van der Waals surface area contributed by atoms with Crippen LogP contribution in [0.25, 0.3) is 11.0 Å². The molecule has 2 aromatic rings. The lowest BCUT2D eigenvalue weighted by atomic mass is 9.85. The van der Waals surface area contributed by atoms with Crippen LogP contribution in [0.3, 0.4) is 0 Å². The standard InChI is InChI=1S/C14H15F3N4O2/c1-23-13(22)9-6-21(5-3-10(9)14(15,16)17)12-8-2-4-18-11(8)19-7-20-12/h2,4,7,9-10H,3,5-6H2,1H3,(H,18,19,20)/t9-,10-/m0/s1. The van der Waals surface area contributed by atoms with Gasteiger partial charge in [0.1, 0.15) is 17.8 Å². The van der Waals surface area contributed by atoms with Crippen LogP contribution in [0.15, 0.2) is 18.6 Å². The number of fused-ring (bicyclic) bond motifs is 1. The molecule has 9 heteroatoms. The first-order chi connectivity index (χ1) is 10.9. The summed E-state index contributed by atoms with van der Waals surface area (Å²) in [6.07, 6.45) is -1.58. The summed E-state index contributed by atoms with van der Waals surface area (Å²) in [4.78, 5) is 24.7. The Morgan fingerprint density at radius 2 is 2.22 bits per heavy atom. The predicted molar refractivity (Wildman–Crippen MR) is 75.8 cm³/mol. The highest BCUT2D eigenvalue weighted by molar-refractivity contribution is 5.87. The number of carbonyl (C=O) groups is 1. The summed E-state index contributed by atoms with van der Waals surface area (Å²) in [7, 11) is 1.10. The molecule has 0 aliphatic carbocycles. The second kappa shape index (κ2) is 5.71. The summed E-state index contributed by atoms with van der Waals surface area (Å²) in [6, 6.07) is 1.76. The van der Waals surface area contributed by atoms with Gasteiger partial charge in [0.25, 0.3) is 0 Å². The number of aromatic amines is 1. The summed E-state index contributed by atoms with van der Waals surface area (Å²) in [5.41, 5.74) is 0.600. The van der Waals surface area contributed by atoms with Crippen LogP contribution in [0.2, 0.25) is 0 Å². The Kier molecular flexibility index (Phi) is 3.87. The molecule has 6 nitrogen and oxygen atoms in total. The summed E-state index contributed by atoms with van der Waals surface area (Å²) in [5.74, 6) is -3.30. The Hall–Kier alpha value is -2.32. The van der Waals surface area contributed by atoms with E-state index in [1.165, 1.54) is 6.33 Å². The Balaban J connectivity index is 1.92. The SMILES string of the molecule is COC(=O)[C@H]1CN(c2ncnc3[nH]ccc23)CC[C@@H]1C(F)(F)F. The number of anilines is 1. The molecular weight excluding hydrogens is 313 g/mol. The largest absolute Gasteiger partial charge is 0.469 e. The number of H-pyrrole nitrogens is 1. The highest BCUT2D eigenvalue weighted by Crippen LogP contribution is 2.40. The maximum atomic E-state index is 13.2. The van der Waals surface area contributed by atoms with Gasteiger partial charge in [-0.2, -0.15) is 13.2 Å². The van der Waals surface area contributed by atoms with Crippen molar-refractivity contribution in [3.05, 3.63) is 18.6 Å². The van der Waals surface area contributed by atoms with Gasteiger partial charge in [0.05, 0.1) is 24.3 Å².